The Kier molecular flexibility index (Phi) is 2.48. The molecule has 0 radical (unpaired) electrons. The highest BCUT2D eigenvalue weighted by Crippen LogP contribution is 2.31. The normalized spacial score (nSPS) is 18.5. The van der Waals surface area contributed by atoms with Crippen LogP contribution in [0, 0.1) is 10.1 Å². The van der Waals surface area contributed by atoms with Gasteiger partial charge in [-0.05, 0) is 32.3 Å². The minimum atomic E-state index is -0.519. The molecule has 1 aliphatic carbocycles. The number of furan rings is 1. The van der Waals surface area contributed by atoms with Gasteiger partial charge in [-0.25, -0.2) is 0 Å². The highest BCUT2D eigenvalue weighted by Gasteiger charge is 2.31. The van der Waals surface area contributed by atoms with Gasteiger partial charge in [0.2, 0.25) is 0 Å². The molecular weight excluding hydrogens is 196 g/mol. The van der Waals surface area contributed by atoms with Gasteiger partial charge in [0.15, 0.2) is 0 Å². The predicted molar refractivity (Wildman–Crippen MR) is 54.5 cm³/mol. The van der Waals surface area contributed by atoms with Crippen LogP contribution in [0.4, 0.5) is 5.88 Å². The van der Waals surface area contributed by atoms with Gasteiger partial charge in [0.1, 0.15) is 10.7 Å². The lowest BCUT2D eigenvalue weighted by Crippen LogP contribution is -2.47. The Hall–Kier alpha value is -1.36. The summed E-state index contributed by atoms with van der Waals surface area (Å²) in [4.78, 5) is 9.85. The maximum Gasteiger partial charge on any atom is 0.433 e. The Morgan fingerprint density at radius 3 is 2.80 bits per heavy atom. The first-order valence-electron chi connectivity index (χ1n) is 5.07. The van der Waals surface area contributed by atoms with Crippen LogP contribution >= 0.6 is 0 Å². The summed E-state index contributed by atoms with van der Waals surface area (Å²) in [5, 5.41) is 13.7. The molecule has 0 atom stereocenters. The number of rotatable bonds is 4. The molecule has 1 aromatic heterocycles. The van der Waals surface area contributed by atoms with Crippen molar-refractivity contribution in [2.75, 3.05) is 0 Å². The molecule has 1 N–H and O–H groups in total. The number of nitro groups is 1. The molecule has 1 fully saturated rings. The van der Waals surface area contributed by atoms with Crippen molar-refractivity contribution in [3.05, 3.63) is 28.0 Å². The number of nitrogens with one attached hydrogen (secondary N) is 1. The number of hydrogen-bond acceptors (Lipinski definition) is 4. The summed E-state index contributed by atoms with van der Waals surface area (Å²) in [6.45, 7) is 2.72. The lowest BCUT2D eigenvalue weighted by atomic mass is 9.78. The smallest absolute Gasteiger partial charge is 0.404 e. The minimum Gasteiger partial charge on any atom is -0.404 e. The average Bonchev–Trinajstić information content (AvgIpc) is 2.60. The van der Waals surface area contributed by atoms with Gasteiger partial charge in [-0.1, -0.05) is 0 Å². The predicted octanol–water partition coefficient (Wildman–Crippen LogP) is 2.22. The van der Waals surface area contributed by atoms with Crippen LogP contribution in [0.1, 0.15) is 31.9 Å². The molecular formula is C10H14N2O3. The van der Waals surface area contributed by atoms with Crippen LogP contribution < -0.4 is 5.32 Å². The molecule has 0 aliphatic heterocycles. The first-order chi connectivity index (χ1) is 7.09. The highest BCUT2D eigenvalue weighted by atomic mass is 16.6. The van der Waals surface area contributed by atoms with Gasteiger partial charge in [-0.2, -0.15) is 0 Å². The van der Waals surface area contributed by atoms with E-state index in [0.717, 1.165) is 12.8 Å². The molecule has 2 rings (SSSR count). The Bertz CT molecular complexity index is 368. The largest absolute Gasteiger partial charge is 0.433 e. The van der Waals surface area contributed by atoms with Gasteiger partial charge < -0.3 is 9.73 Å². The Balaban J connectivity index is 1.90. The third-order valence-electron chi connectivity index (χ3n) is 2.97. The van der Waals surface area contributed by atoms with Gasteiger partial charge in [-0.15, -0.1) is 0 Å². The zero-order valence-corrected chi connectivity index (χ0v) is 8.66. The molecule has 0 saturated heterocycles. The van der Waals surface area contributed by atoms with E-state index in [9.17, 15) is 10.1 Å². The molecule has 1 aliphatic rings. The summed E-state index contributed by atoms with van der Waals surface area (Å²) < 4.78 is 5.05. The van der Waals surface area contributed by atoms with Crippen molar-refractivity contribution in [3.8, 4) is 0 Å². The van der Waals surface area contributed by atoms with E-state index < -0.39 is 4.92 Å². The maximum absolute atomic E-state index is 10.4. The summed E-state index contributed by atoms with van der Waals surface area (Å²) in [6.07, 6.45) is 3.58. The van der Waals surface area contributed by atoms with Crippen LogP contribution in [0.3, 0.4) is 0 Å². The van der Waals surface area contributed by atoms with E-state index in [2.05, 4.69) is 12.2 Å². The van der Waals surface area contributed by atoms with Crippen LogP contribution in [0.15, 0.2) is 16.5 Å². The van der Waals surface area contributed by atoms with Crippen molar-refractivity contribution in [2.45, 2.75) is 38.3 Å². The van der Waals surface area contributed by atoms with Crippen LogP contribution in [0.5, 0.6) is 0 Å². The fourth-order valence-electron chi connectivity index (χ4n) is 1.74. The molecule has 0 spiro atoms. The number of hydrogen-bond donors (Lipinski definition) is 1. The van der Waals surface area contributed by atoms with Gasteiger partial charge in [0, 0.05) is 5.54 Å². The molecule has 82 valence electrons. The van der Waals surface area contributed by atoms with Crippen molar-refractivity contribution in [3.63, 3.8) is 0 Å². The monoisotopic (exact) mass is 210 g/mol. The third kappa shape index (κ3) is 2.18. The standard InChI is InChI=1S/C10H14N2O3/c1-10(5-2-6-10)11-7-8-3-4-9(15-8)12(13)14/h3-4,11H,2,5-7H2,1H3. The van der Waals surface area contributed by atoms with E-state index in [1.165, 1.54) is 12.5 Å². The highest BCUT2D eigenvalue weighted by molar-refractivity contribution is 5.17. The molecule has 15 heavy (non-hydrogen) atoms. The summed E-state index contributed by atoms with van der Waals surface area (Å²) in [5.74, 6) is 0.431. The zero-order chi connectivity index (χ0) is 10.9. The van der Waals surface area contributed by atoms with Gasteiger partial charge in [-0.3, -0.25) is 10.1 Å². The van der Waals surface area contributed by atoms with Crippen molar-refractivity contribution in [1.82, 2.24) is 5.32 Å². The van der Waals surface area contributed by atoms with Crippen LogP contribution in [0.25, 0.3) is 0 Å². The zero-order valence-electron chi connectivity index (χ0n) is 8.66. The van der Waals surface area contributed by atoms with E-state index in [0.29, 0.717) is 12.3 Å². The molecule has 0 bridgehead atoms. The van der Waals surface area contributed by atoms with E-state index in [1.807, 2.05) is 0 Å². The van der Waals surface area contributed by atoms with Gasteiger partial charge in [0.05, 0.1) is 12.6 Å². The molecule has 0 amide bonds. The Labute approximate surface area is 87.6 Å². The lowest BCUT2D eigenvalue weighted by molar-refractivity contribution is -0.402. The summed E-state index contributed by atoms with van der Waals surface area (Å²) >= 11 is 0. The van der Waals surface area contributed by atoms with Crippen molar-refractivity contribution in [2.24, 2.45) is 0 Å². The Morgan fingerprint density at radius 1 is 1.60 bits per heavy atom. The first-order valence-corrected chi connectivity index (χ1v) is 5.07. The maximum atomic E-state index is 10.4. The van der Waals surface area contributed by atoms with E-state index >= 15 is 0 Å². The second kappa shape index (κ2) is 3.66. The summed E-state index contributed by atoms with van der Waals surface area (Å²) in [7, 11) is 0. The minimum absolute atomic E-state index is 0.189. The SMILES string of the molecule is CC1(NCc2ccc([N+](=O)[O-])o2)CCC1. The van der Waals surface area contributed by atoms with E-state index in [4.69, 9.17) is 4.42 Å². The van der Waals surface area contributed by atoms with Crippen molar-refractivity contribution >= 4 is 5.88 Å². The quantitative estimate of drug-likeness (QED) is 0.611. The average molecular weight is 210 g/mol. The fourth-order valence-corrected chi connectivity index (χ4v) is 1.74. The molecule has 1 aromatic rings. The van der Waals surface area contributed by atoms with Crippen molar-refractivity contribution < 1.29 is 9.34 Å². The molecule has 0 unspecified atom stereocenters. The first kappa shape index (κ1) is 10.2. The molecule has 5 nitrogen and oxygen atoms in total. The second-order valence-electron chi connectivity index (χ2n) is 4.26. The molecule has 5 heteroatoms. The topological polar surface area (TPSA) is 68.3 Å². The number of nitrogens with zero attached hydrogens (tertiary/aromatic N) is 1. The van der Waals surface area contributed by atoms with Crippen LogP contribution in [0.2, 0.25) is 0 Å². The van der Waals surface area contributed by atoms with E-state index in [1.54, 1.807) is 6.07 Å². The van der Waals surface area contributed by atoms with Crippen molar-refractivity contribution in [1.29, 1.82) is 0 Å². The molecule has 1 saturated carbocycles. The van der Waals surface area contributed by atoms with E-state index in [-0.39, 0.29) is 11.4 Å². The van der Waals surface area contributed by atoms with Crippen LogP contribution in [-0.4, -0.2) is 10.5 Å². The second-order valence-corrected chi connectivity index (χ2v) is 4.26. The lowest BCUT2D eigenvalue weighted by Gasteiger charge is -2.39. The summed E-state index contributed by atoms with van der Waals surface area (Å²) in [6, 6.07) is 3.03. The van der Waals surface area contributed by atoms with Gasteiger partial charge >= 0.3 is 5.88 Å². The summed E-state index contributed by atoms with van der Waals surface area (Å²) in [5.41, 5.74) is 0.196. The van der Waals surface area contributed by atoms with Crippen LogP contribution in [-0.2, 0) is 6.54 Å². The molecule has 0 aromatic carbocycles. The third-order valence-corrected chi connectivity index (χ3v) is 2.97. The van der Waals surface area contributed by atoms with Gasteiger partial charge in [0.25, 0.3) is 0 Å². The molecule has 1 heterocycles. The fraction of sp³-hybridized carbons (Fsp3) is 0.600. The Morgan fingerprint density at radius 2 is 2.33 bits per heavy atom.